The monoisotopic (exact) mass is 278 g/mol. The zero-order chi connectivity index (χ0) is 14.9. The third-order valence-electron chi connectivity index (χ3n) is 3.03. The molecule has 2 N–H and O–H groups in total. The number of aromatic nitrogens is 1. The number of aryl methyl sites for hydroxylation is 1. The minimum absolute atomic E-state index is 0.0228. The fraction of sp³-hybridized carbons (Fsp3) is 0.214. The van der Waals surface area contributed by atoms with Gasteiger partial charge >= 0.3 is 0 Å². The Morgan fingerprint density at radius 1 is 1.30 bits per heavy atom. The lowest BCUT2D eigenvalue weighted by atomic mass is 10.2. The van der Waals surface area contributed by atoms with Crippen LogP contribution in [0.5, 0.6) is 11.6 Å². The highest BCUT2D eigenvalue weighted by Gasteiger charge is 2.21. The first-order valence-electron chi connectivity index (χ1n) is 5.97. The van der Waals surface area contributed by atoms with E-state index in [9.17, 15) is 19.4 Å². The number of carbonyl (C=O) groups excluding carboxylic acids is 1. The highest BCUT2D eigenvalue weighted by molar-refractivity contribution is 5.97. The normalized spacial score (nSPS) is 10.6. The Labute approximate surface area is 115 Å². The van der Waals surface area contributed by atoms with Gasteiger partial charge in [0.25, 0.3) is 5.91 Å². The fourth-order valence-electron chi connectivity index (χ4n) is 1.90. The molecule has 106 valence electrons. The standard InChI is InChI=1S/C14H15FN2O3/c1-16(7-9-3-5-10(15)6-4-9)13(19)11-8-17(2)14(20)12(11)18/h3-6,8,18,20H,7H2,1-2H3. The minimum Gasteiger partial charge on any atom is -0.503 e. The van der Waals surface area contributed by atoms with Crippen LogP contribution in [-0.4, -0.2) is 32.6 Å². The van der Waals surface area contributed by atoms with E-state index in [4.69, 9.17) is 0 Å². The van der Waals surface area contributed by atoms with Gasteiger partial charge in [0.15, 0.2) is 5.75 Å². The number of nitrogens with zero attached hydrogens (tertiary/aromatic N) is 2. The zero-order valence-electron chi connectivity index (χ0n) is 11.2. The summed E-state index contributed by atoms with van der Waals surface area (Å²) in [7, 11) is 3.08. The SMILES string of the molecule is CN(Cc1ccc(F)cc1)C(=O)c1cn(C)c(O)c1O. The van der Waals surface area contributed by atoms with Gasteiger partial charge in [-0.2, -0.15) is 0 Å². The van der Waals surface area contributed by atoms with E-state index in [2.05, 4.69) is 0 Å². The van der Waals surface area contributed by atoms with Crippen LogP contribution in [0.3, 0.4) is 0 Å². The molecule has 0 spiro atoms. The van der Waals surface area contributed by atoms with Crippen molar-refractivity contribution in [1.82, 2.24) is 9.47 Å². The molecular weight excluding hydrogens is 263 g/mol. The summed E-state index contributed by atoms with van der Waals surface area (Å²) in [6.07, 6.45) is 1.36. The van der Waals surface area contributed by atoms with E-state index < -0.39 is 11.7 Å². The molecule has 0 atom stereocenters. The highest BCUT2D eigenvalue weighted by Crippen LogP contribution is 2.31. The Morgan fingerprint density at radius 2 is 1.90 bits per heavy atom. The third-order valence-corrected chi connectivity index (χ3v) is 3.03. The van der Waals surface area contributed by atoms with Crippen LogP contribution < -0.4 is 0 Å². The summed E-state index contributed by atoms with van der Waals surface area (Å²) < 4.78 is 14.1. The second-order valence-electron chi connectivity index (χ2n) is 4.61. The van der Waals surface area contributed by atoms with Gasteiger partial charge in [-0.3, -0.25) is 4.79 Å². The molecule has 20 heavy (non-hydrogen) atoms. The van der Waals surface area contributed by atoms with E-state index in [0.717, 1.165) is 5.56 Å². The number of hydrogen-bond acceptors (Lipinski definition) is 3. The first-order chi connectivity index (χ1) is 9.40. The molecule has 5 nitrogen and oxygen atoms in total. The van der Waals surface area contributed by atoms with Crippen LogP contribution in [0.2, 0.25) is 0 Å². The third kappa shape index (κ3) is 2.59. The number of hydrogen-bond donors (Lipinski definition) is 2. The summed E-state index contributed by atoms with van der Waals surface area (Å²) in [6, 6.07) is 5.81. The maximum Gasteiger partial charge on any atom is 0.259 e. The number of halogens is 1. The summed E-state index contributed by atoms with van der Waals surface area (Å²) in [4.78, 5) is 13.5. The molecule has 0 fully saturated rings. The zero-order valence-corrected chi connectivity index (χ0v) is 11.2. The van der Waals surface area contributed by atoms with Crippen molar-refractivity contribution in [1.29, 1.82) is 0 Å². The maximum atomic E-state index is 12.8. The molecule has 1 heterocycles. The molecule has 0 aliphatic heterocycles. The Morgan fingerprint density at radius 3 is 2.40 bits per heavy atom. The maximum absolute atomic E-state index is 12.8. The van der Waals surface area contributed by atoms with E-state index in [1.165, 1.54) is 34.8 Å². The summed E-state index contributed by atoms with van der Waals surface area (Å²) in [5.41, 5.74) is 0.788. The van der Waals surface area contributed by atoms with Crippen molar-refractivity contribution in [3.8, 4) is 11.6 Å². The van der Waals surface area contributed by atoms with Crippen molar-refractivity contribution in [3.05, 3.63) is 47.4 Å². The minimum atomic E-state index is -0.441. The molecule has 0 unspecified atom stereocenters. The predicted molar refractivity (Wildman–Crippen MR) is 70.9 cm³/mol. The van der Waals surface area contributed by atoms with E-state index in [0.29, 0.717) is 0 Å². The first kappa shape index (κ1) is 13.9. The molecule has 0 bridgehead atoms. The molecule has 0 aliphatic carbocycles. The first-order valence-corrected chi connectivity index (χ1v) is 5.97. The molecule has 0 aliphatic rings. The lowest BCUT2D eigenvalue weighted by Gasteiger charge is -2.16. The van der Waals surface area contributed by atoms with Gasteiger partial charge in [-0.1, -0.05) is 12.1 Å². The van der Waals surface area contributed by atoms with E-state index in [-0.39, 0.29) is 23.8 Å². The summed E-state index contributed by atoms with van der Waals surface area (Å²) in [5.74, 6) is -1.57. The van der Waals surface area contributed by atoms with Crippen LogP contribution in [0, 0.1) is 5.82 Å². The Hall–Kier alpha value is -2.50. The van der Waals surface area contributed by atoms with E-state index in [1.54, 1.807) is 19.2 Å². The Kier molecular flexibility index (Phi) is 3.65. The molecule has 1 aromatic heterocycles. The van der Waals surface area contributed by atoms with Crippen molar-refractivity contribution >= 4 is 5.91 Å². The largest absolute Gasteiger partial charge is 0.503 e. The van der Waals surface area contributed by atoms with Crippen molar-refractivity contribution in [3.63, 3.8) is 0 Å². The van der Waals surface area contributed by atoms with Gasteiger partial charge in [0, 0.05) is 26.8 Å². The molecule has 0 saturated carbocycles. The quantitative estimate of drug-likeness (QED) is 0.900. The van der Waals surface area contributed by atoms with Crippen molar-refractivity contribution in [2.24, 2.45) is 7.05 Å². The lowest BCUT2D eigenvalue weighted by molar-refractivity contribution is 0.0782. The van der Waals surface area contributed by atoms with Gasteiger partial charge in [0.2, 0.25) is 5.88 Å². The summed E-state index contributed by atoms with van der Waals surface area (Å²) in [6.45, 7) is 0.272. The van der Waals surface area contributed by atoms with Gasteiger partial charge in [-0.25, -0.2) is 4.39 Å². The number of amides is 1. The Bertz CT molecular complexity index is 635. The van der Waals surface area contributed by atoms with Crippen LogP contribution in [0.25, 0.3) is 0 Å². The molecule has 0 radical (unpaired) electrons. The molecular formula is C14H15FN2O3. The fourth-order valence-corrected chi connectivity index (χ4v) is 1.90. The van der Waals surface area contributed by atoms with Gasteiger partial charge in [-0.05, 0) is 17.7 Å². The lowest BCUT2D eigenvalue weighted by Crippen LogP contribution is -2.25. The van der Waals surface area contributed by atoms with Crippen LogP contribution in [-0.2, 0) is 13.6 Å². The van der Waals surface area contributed by atoms with Gasteiger partial charge < -0.3 is 19.7 Å². The number of rotatable bonds is 3. The topological polar surface area (TPSA) is 65.7 Å². The van der Waals surface area contributed by atoms with E-state index in [1.807, 2.05) is 0 Å². The number of benzene rings is 1. The molecule has 1 aromatic carbocycles. The summed E-state index contributed by atoms with van der Waals surface area (Å²) in [5, 5.41) is 19.2. The average Bonchev–Trinajstić information content (AvgIpc) is 2.68. The van der Waals surface area contributed by atoms with Gasteiger partial charge in [-0.15, -0.1) is 0 Å². The molecule has 0 saturated heterocycles. The van der Waals surface area contributed by atoms with Gasteiger partial charge in [0.1, 0.15) is 11.4 Å². The summed E-state index contributed by atoms with van der Waals surface area (Å²) >= 11 is 0. The van der Waals surface area contributed by atoms with Crippen molar-refractivity contribution < 1.29 is 19.4 Å². The average molecular weight is 278 g/mol. The molecule has 1 amide bonds. The molecule has 2 aromatic rings. The van der Waals surface area contributed by atoms with Crippen LogP contribution >= 0.6 is 0 Å². The molecule has 2 rings (SSSR count). The smallest absolute Gasteiger partial charge is 0.259 e. The highest BCUT2D eigenvalue weighted by atomic mass is 19.1. The van der Waals surface area contributed by atoms with Crippen LogP contribution in [0.4, 0.5) is 4.39 Å². The van der Waals surface area contributed by atoms with Crippen molar-refractivity contribution in [2.45, 2.75) is 6.54 Å². The number of carbonyl (C=O) groups is 1. The van der Waals surface area contributed by atoms with Gasteiger partial charge in [0.05, 0.1) is 0 Å². The Balaban J connectivity index is 2.16. The van der Waals surface area contributed by atoms with E-state index >= 15 is 0 Å². The van der Waals surface area contributed by atoms with Crippen LogP contribution in [0.1, 0.15) is 15.9 Å². The molecule has 6 heteroatoms. The van der Waals surface area contributed by atoms with Crippen LogP contribution in [0.15, 0.2) is 30.5 Å². The predicted octanol–water partition coefficient (Wildman–Crippen LogP) is 1.85. The number of aromatic hydroxyl groups is 2. The van der Waals surface area contributed by atoms with Crippen molar-refractivity contribution in [2.75, 3.05) is 7.05 Å². The second-order valence-corrected chi connectivity index (χ2v) is 4.61. The second kappa shape index (κ2) is 5.24.